The van der Waals surface area contributed by atoms with Gasteiger partial charge in [-0.05, 0) is 43.9 Å². The fourth-order valence-electron chi connectivity index (χ4n) is 4.72. The second kappa shape index (κ2) is 8.77. The van der Waals surface area contributed by atoms with Crippen LogP contribution in [0, 0.1) is 5.92 Å². The number of ether oxygens (including phenoxy) is 1. The van der Waals surface area contributed by atoms with Gasteiger partial charge < -0.3 is 25.8 Å². The zero-order chi connectivity index (χ0) is 23.1. The van der Waals surface area contributed by atoms with Gasteiger partial charge in [-0.1, -0.05) is 6.07 Å². The second-order valence-corrected chi connectivity index (χ2v) is 9.22. The first-order valence-electron chi connectivity index (χ1n) is 12.0. The van der Waals surface area contributed by atoms with Crippen LogP contribution in [0.4, 0.5) is 11.6 Å². The number of hydrogen-bond donors (Lipinski definition) is 4. The van der Waals surface area contributed by atoms with Crippen molar-refractivity contribution in [1.82, 2.24) is 29.3 Å². The van der Waals surface area contributed by atoms with Gasteiger partial charge in [-0.25, -0.2) is 9.97 Å². The fraction of sp³-hybridized carbons (Fsp3) is 0.458. The van der Waals surface area contributed by atoms with E-state index in [4.69, 9.17) is 14.7 Å². The molecule has 1 aliphatic carbocycles. The Morgan fingerprint density at radius 2 is 2.12 bits per heavy atom. The van der Waals surface area contributed by atoms with E-state index in [0.717, 1.165) is 47.5 Å². The summed E-state index contributed by atoms with van der Waals surface area (Å²) in [7, 11) is 1.66. The predicted molar refractivity (Wildman–Crippen MR) is 130 cm³/mol. The number of pyridine rings is 1. The van der Waals surface area contributed by atoms with Crippen LogP contribution in [0.15, 0.2) is 36.7 Å². The number of aliphatic hydroxyl groups excluding tert-OH is 1. The monoisotopic (exact) mass is 462 g/mol. The van der Waals surface area contributed by atoms with Gasteiger partial charge in [0, 0.05) is 36.8 Å². The van der Waals surface area contributed by atoms with Gasteiger partial charge in [0.2, 0.25) is 0 Å². The lowest BCUT2D eigenvalue weighted by Gasteiger charge is -2.28. The minimum absolute atomic E-state index is 0.205. The molecule has 10 heteroatoms. The smallest absolute Gasteiger partial charge is 0.198 e. The molecule has 0 aromatic carbocycles. The summed E-state index contributed by atoms with van der Waals surface area (Å²) in [5.41, 5.74) is 3.83. The van der Waals surface area contributed by atoms with Crippen LogP contribution in [0.3, 0.4) is 0 Å². The molecule has 4 aromatic rings. The number of nitrogens with zero attached hydrogens (tertiary/aromatic N) is 5. The van der Waals surface area contributed by atoms with E-state index in [1.165, 1.54) is 18.4 Å². The molecule has 0 bridgehead atoms. The number of fused-ring (bicyclic) bond motifs is 2. The molecule has 0 spiro atoms. The average Bonchev–Trinajstić information content (AvgIpc) is 3.46. The van der Waals surface area contributed by atoms with Gasteiger partial charge in [-0.2, -0.15) is 9.61 Å². The molecule has 1 saturated carbocycles. The lowest BCUT2D eigenvalue weighted by atomic mass is 9.95. The topological polar surface area (TPSA) is 113 Å². The Bertz CT molecular complexity index is 1310. The number of aliphatic hydroxyl groups is 1. The molecular weight excluding hydrogens is 432 g/mol. The van der Waals surface area contributed by atoms with Gasteiger partial charge in [0.15, 0.2) is 11.5 Å². The molecule has 2 aliphatic rings. The quantitative estimate of drug-likeness (QED) is 0.315. The standard InChI is InChI=1S/C24H30N8O2/c1-34-23-4-2-3-21-29-17(14-31(21)23)11-27-22-9-20(26-10-16-7-8-25-13-19(16)33)30-24-18(15-5-6-15)12-28-32(22)24/h2-4,9,12,14-16,19,25,27,33H,5-8,10-11,13H2,1H3,(H,26,30)/t16-,19+/m1/s1. The second-order valence-electron chi connectivity index (χ2n) is 9.22. The summed E-state index contributed by atoms with van der Waals surface area (Å²) in [6.07, 6.45) is 6.91. The molecule has 34 heavy (non-hydrogen) atoms. The van der Waals surface area contributed by atoms with Crippen molar-refractivity contribution in [2.45, 2.75) is 37.8 Å². The van der Waals surface area contributed by atoms with E-state index in [2.05, 4.69) is 21.0 Å². The zero-order valence-electron chi connectivity index (χ0n) is 19.2. The van der Waals surface area contributed by atoms with E-state index < -0.39 is 0 Å². The summed E-state index contributed by atoms with van der Waals surface area (Å²) in [6.45, 7) is 2.80. The molecule has 4 N–H and O–H groups in total. The minimum Gasteiger partial charge on any atom is -0.482 e. The largest absolute Gasteiger partial charge is 0.482 e. The summed E-state index contributed by atoms with van der Waals surface area (Å²) in [6, 6.07) is 7.80. The van der Waals surface area contributed by atoms with Crippen LogP contribution in [0.5, 0.6) is 5.88 Å². The maximum absolute atomic E-state index is 10.3. The van der Waals surface area contributed by atoms with Crippen molar-refractivity contribution in [3.63, 3.8) is 0 Å². The van der Waals surface area contributed by atoms with Gasteiger partial charge in [0.1, 0.15) is 17.3 Å². The zero-order valence-corrected chi connectivity index (χ0v) is 19.2. The van der Waals surface area contributed by atoms with Gasteiger partial charge >= 0.3 is 0 Å². The number of piperidine rings is 1. The molecule has 6 rings (SSSR count). The number of anilines is 2. The Morgan fingerprint density at radius 1 is 1.21 bits per heavy atom. The third kappa shape index (κ3) is 4.03. The number of β-amino-alcohol motifs (C(OH)–C–C–N with tert-alkyl or cyclic N) is 1. The van der Waals surface area contributed by atoms with E-state index in [0.29, 0.717) is 25.6 Å². The average molecular weight is 463 g/mol. The molecule has 1 aliphatic heterocycles. The van der Waals surface area contributed by atoms with Crippen LogP contribution in [0.25, 0.3) is 11.3 Å². The van der Waals surface area contributed by atoms with Crippen LogP contribution in [-0.2, 0) is 6.54 Å². The van der Waals surface area contributed by atoms with Crippen molar-refractivity contribution in [3.05, 3.63) is 47.9 Å². The number of nitrogens with one attached hydrogen (secondary N) is 3. The van der Waals surface area contributed by atoms with Gasteiger partial charge in [-0.15, -0.1) is 0 Å². The van der Waals surface area contributed by atoms with E-state index in [1.54, 1.807) is 7.11 Å². The van der Waals surface area contributed by atoms with Crippen LogP contribution >= 0.6 is 0 Å². The highest BCUT2D eigenvalue weighted by atomic mass is 16.5. The van der Waals surface area contributed by atoms with Crippen molar-refractivity contribution in [3.8, 4) is 5.88 Å². The predicted octanol–water partition coefficient (Wildman–Crippen LogP) is 2.26. The molecule has 0 amide bonds. The van der Waals surface area contributed by atoms with Crippen molar-refractivity contribution >= 4 is 22.9 Å². The van der Waals surface area contributed by atoms with Crippen LogP contribution in [0.1, 0.15) is 36.4 Å². The molecule has 0 radical (unpaired) electrons. The van der Waals surface area contributed by atoms with Crippen molar-refractivity contribution in [1.29, 1.82) is 0 Å². The molecule has 2 atom stereocenters. The Morgan fingerprint density at radius 3 is 2.94 bits per heavy atom. The Hall–Kier alpha value is -3.37. The van der Waals surface area contributed by atoms with Gasteiger partial charge in [0.05, 0.1) is 31.6 Å². The van der Waals surface area contributed by atoms with Crippen LogP contribution < -0.4 is 20.7 Å². The summed E-state index contributed by atoms with van der Waals surface area (Å²) in [5, 5.41) is 25.2. The first-order chi connectivity index (χ1) is 16.7. The summed E-state index contributed by atoms with van der Waals surface area (Å²) >= 11 is 0. The maximum Gasteiger partial charge on any atom is 0.198 e. The molecule has 10 nitrogen and oxygen atoms in total. The highest BCUT2D eigenvalue weighted by molar-refractivity contribution is 5.61. The number of imidazole rings is 1. The molecular formula is C24H30N8O2. The Labute approximate surface area is 197 Å². The van der Waals surface area contributed by atoms with E-state index in [-0.39, 0.29) is 12.0 Å². The lowest BCUT2D eigenvalue weighted by Crippen LogP contribution is -2.43. The van der Waals surface area contributed by atoms with Crippen molar-refractivity contribution in [2.75, 3.05) is 37.4 Å². The number of rotatable bonds is 8. The Balaban J connectivity index is 1.27. The summed E-state index contributed by atoms with van der Waals surface area (Å²) in [5.74, 6) is 3.14. The molecule has 1 saturated heterocycles. The third-order valence-electron chi connectivity index (χ3n) is 6.82. The molecule has 2 fully saturated rings. The normalized spacial score (nSPS) is 20.6. The van der Waals surface area contributed by atoms with E-state index in [1.807, 2.05) is 45.6 Å². The highest BCUT2D eigenvalue weighted by Gasteiger charge is 2.28. The van der Waals surface area contributed by atoms with Crippen LogP contribution in [-0.4, -0.2) is 61.9 Å². The highest BCUT2D eigenvalue weighted by Crippen LogP contribution is 2.42. The maximum atomic E-state index is 10.3. The van der Waals surface area contributed by atoms with Crippen LogP contribution in [0.2, 0.25) is 0 Å². The molecule has 5 heterocycles. The van der Waals surface area contributed by atoms with Gasteiger partial charge in [0.25, 0.3) is 0 Å². The SMILES string of the molecule is COc1cccc2nc(CNc3cc(NC[C@H]4CCNC[C@@H]4O)nc4c(C5CC5)cnn34)cn12. The van der Waals surface area contributed by atoms with E-state index >= 15 is 0 Å². The summed E-state index contributed by atoms with van der Waals surface area (Å²) < 4.78 is 9.27. The fourth-order valence-corrected chi connectivity index (χ4v) is 4.72. The van der Waals surface area contributed by atoms with Crippen molar-refractivity contribution in [2.24, 2.45) is 5.92 Å². The minimum atomic E-state index is -0.341. The molecule has 4 aromatic heterocycles. The molecule has 0 unspecified atom stereocenters. The lowest BCUT2D eigenvalue weighted by molar-refractivity contribution is 0.0883. The molecule has 178 valence electrons. The third-order valence-corrected chi connectivity index (χ3v) is 6.82. The number of aromatic nitrogens is 5. The summed E-state index contributed by atoms with van der Waals surface area (Å²) in [4.78, 5) is 9.61. The first-order valence-corrected chi connectivity index (χ1v) is 12.0. The number of methoxy groups -OCH3 is 1. The van der Waals surface area contributed by atoms with Gasteiger partial charge in [-0.3, -0.25) is 4.40 Å². The van der Waals surface area contributed by atoms with E-state index in [9.17, 15) is 5.11 Å². The number of hydrogen-bond acceptors (Lipinski definition) is 8. The Kier molecular flexibility index (Phi) is 5.46. The van der Waals surface area contributed by atoms with Crippen molar-refractivity contribution < 1.29 is 9.84 Å². The first kappa shape index (κ1) is 21.2.